The first kappa shape index (κ1) is 20.1. The minimum Gasteiger partial charge on any atom is -0.444 e. The van der Waals surface area contributed by atoms with Gasteiger partial charge in [-0.3, -0.25) is 9.80 Å². The molecule has 1 saturated heterocycles. The Morgan fingerprint density at radius 1 is 0.933 bits per heavy atom. The number of likely N-dealkylation sites (tertiary alicyclic amines) is 1. The van der Waals surface area contributed by atoms with Gasteiger partial charge in [0.1, 0.15) is 0 Å². The second-order valence-electron chi connectivity index (χ2n) is 7.84. The maximum atomic E-state index is 13.2. The summed E-state index contributed by atoms with van der Waals surface area (Å²) in [5, 5.41) is 6.41. The van der Waals surface area contributed by atoms with Gasteiger partial charge >= 0.3 is 5.97 Å². The molecule has 156 valence electrons. The fourth-order valence-corrected chi connectivity index (χ4v) is 3.87. The lowest BCUT2D eigenvalue weighted by atomic mass is 10.1. The highest BCUT2D eigenvalue weighted by atomic mass is 16.5. The predicted molar refractivity (Wildman–Crippen MR) is 117 cm³/mol. The highest BCUT2D eigenvalue weighted by molar-refractivity contribution is 5.93. The van der Waals surface area contributed by atoms with Crippen LogP contribution in [0.3, 0.4) is 0 Å². The second-order valence-corrected chi connectivity index (χ2v) is 7.84. The smallest absolute Gasteiger partial charge is 0.339 e. The van der Waals surface area contributed by atoms with Crippen molar-refractivity contribution < 1.29 is 14.3 Å². The van der Waals surface area contributed by atoms with Crippen molar-refractivity contribution in [3.05, 3.63) is 65.7 Å². The van der Waals surface area contributed by atoms with Crippen molar-refractivity contribution in [3.8, 4) is 0 Å². The Kier molecular flexibility index (Phi) is 6.12. The molecule has 2 aromatic rings. The Morgan fingerprint density at radius 2 is 1.63 bits per heavy atom. The van der Waals surface area contributed by atoms with Crippen molar-refractivity contribution in [2.75, 3.05) is 24.6 Å². The molecule has 0 spiro atoms. The zero-order valence-corrected chi connectivity index (χ0v) is 17.3. The van der Waals surface area contributed by atoms with Crippen LogP contribution in [0.15, 0.2) is 59.7 Å². The van der Waals surface area contributed by atoms with E-state index in [0.717, 1.165) is 43.6 Å². The fraction of sp³-hybridized carbons (Fsp3) is 0.375. The average molecular weight is 405 g/mol. The molecule has 0 aromatic heterocycles. The summed E-state index contributed by atoms with van der Waals surface area (Å²) in [6.45, 7) is 4.28. The van der Waals surface area contributed by atoms with Crippen molar-refractivity contribution >= 4 is 23.3 Å². The third-order valence-corrected chi connectivity index (χ3v) is 5.60. The Hall–Kier alpha value is -3.15. The summed E-state index contributed by atoms with van der Waals surface area (Å²) in [6.07, 6.45) is 3.12. The summed E-state index contributed by atoms with van der Waals surface area (Å²) in [5.74, 6) is -0.644. The molecule has 1 amide bonds. The van der Waals surface area contributed by atoms with Crippen LogP contribution in [-0.4, -0.2) is 42.1 Å². The van der Waals surface area contributed by atoms with Crippen LogP contribution in [0, 0.1) is 0 Å². The standard InChI is InChI=1S/C24H27N3O3/c1-18-14-17-27(25-18)21-12-10-20(11-13-21)24(29)30-22(19-8-4-2-5-9-19)23(28)26-15-6-3-7-16-26/h2,4-5,8-13,22H,3,6-7,14-17H2,1H3. The van der Waals surface area contributed by atoms with Crippen molar-refractivity contribution in [3.63, 3.8) is 0 Å². The molecule has 4 rings (SSSR count). The van der Waals surface area contributed by atoms with Gasteiger partial charge in [-0.1, -0.05) is 30.3 Å². The van der Waals surface area contributed by atoms with E-state index in [0.29, 0.717) is 24.2 Å². The summed E-state index contributed by atoms with van der Waals surface area (Å²) >= 11 is 0. The van der Waals surface area contributed by atoms with Gasteiger partial charge in [-0.15, -0.1) is 0 Å². The van der Waals surface area contributed by atoms with E-state index in [9.17, 15) is 9.59 Å². The molecule has 1 atom stereocenters. The lowest BCUT2D eigenvalue weighted by Crippen LogP contribution is -2.40. The molecular formula is C24H27N3O3. The van der Waals surface area contributed by atoms with Crippen molar-refractivity contribution in [2.45, 2.75) is 38.7 Å². The summed E-state index contributed by atoms with van der Waals surface area (Å²) < 4.78 is 5.75. The van der Waals surface area contributed by atoms with Crippen LogP contribution in [0.2, 0.25) is 0 Å². The molecule has 2 heterocycles. The average Bonchev–Trinajstić information content (AvgIpc) is 3.24. The molecule has 1 fully saturated rings. The van der Waals surface area contributed by atoms with Crippen molar-refractivity contribution in [1.29, 1.82) is 0 Å². The van der Waals surface area contributed by atoms with Crippen LogP contribution < -0.4 is 5.01 Å². The molecular weight excluding hydrogens is 378 g/mol. The van der Waals surface area contributed by atoms with E-state index >= 15 is 0 Å². The lowest BCUT2D eigenvalue weighted by Gasteiger charge is -2.30. The number of anilines is 1. The summed E-state index contributed by atoms with van der Waals surface area (Å²) in [6, 6.07) is 16.4. The monoisotopic (exact) mass is 405 g/mol. The first-order valence-corrected chi connectivity index (χ1v) is 10.6. The highest BCUT2D eigenvalue weighted by Gasteiger charge is 2.30. The molecule has 2 aliphatic rings. The summed E-state index contributed by atoms with van der Waals surface area (Å²) in [7, 11) is 0. The van der Waals surface area contributed by atoms with Gasteiger partial charge in [0.05, 0.1) is 11.3 Å². The van der Waals surface area contributed by atoms with Crippen LogP contribution in [0.25, 0.3) is 0 Å². The number of ether oxygens (including phenoxy) is 1. The molecule has 30 heavy (non-hydrogen) atoms. The van der Waals surface area contributed by atoms with Crippen LogP contribution in [0.4, 0.5) is 5.69 Å². The van der Waals surface area contributed by atoms with E-state index in [4.69, 9.17) is 4.74 Å². The van der Waals surface area contributed by atoms with E-state index in [1.165, 1.54) is 0 Å². The van der Waals surface area contributed by atoms with Gasteiger partial charge < -0.3 is 9.64 Å². The number of carbonyl (C=O) groups excluding carboxylic acids is 2. The van der Waals surface area contributed by atoms with Crippen LogP contribution >= 0.6 is 0 Å². The first-order chi connectivity index (χ1) is 14.6. The third kappa shape index (κ3) is 4.53. The molecule has 0 aliphatic carbocycles. The fourth-order valence-electron chi connectivity index (χ4n) is 3.87. The summed E-state index contributed by atoms with van der Waals surface area (Å²) in [5.41, 5.74) is 3.15. The van der Waals surface area contributed by atoms with Crippen molar-refractivity contribution in [2.24, 2.45) is 5.10 Å². The van der Waals surface area contributed by atoms with Crippen molar-refractivity contribution in [1.82, 2.24) is 4.90 Å². The third-order valence-electron chi connectivity index (χ3n) is 5.60. The molecule has 0 saturated carbocycles. The zero-order valence-electron chi connectivity index (χ0n) is 17.3. The van der Waals surface area contributed by atoms with Gasteiger partial charge in [-0.2, -0.15) is 5.10 Å². The van der Waals surface area contributed by atoms with Gasteiger partial charge in [0.2, 0.25) is 6.10 Å². The van der Waals surface area contributed by atoms with Gasteiger partial charge in [-0.25, -0.2) is 4.79 Å². The van der Waals surface area contributed by atoms with Gasteiger partial charge in [0, 0.05) is 37.3 Å². The number of hydrogen-bond acceptors (Lipinski definition) is 5. The number of rotatable bonds is 5. The molecule has 0 radical (unpaired) electrons. The van der Waals surface area contributed by atoms with Crippen LogP contribution in [-0.2, 0) is 9.53 Å². The Labute approximate surface area is 177 Å². The van der Waals surface area contributed by atoms with E-state index in [1.54, 1.807) is 12.1 Å². The maximum Gasteiger partial charge on any atom is 0.339 e. The number of benzene rings is 2. The Morgan fingerprint density at radius 3 is 2.27 bits per heavy atom. The molecule has 0 bridgehead atoms. The molecule has 2 aliphatic heterocycles. The summed E-state index contributed by atoms with van der Waals surface area (Å²) in [4.78, 5) is 27.8. The predicted octanol–water partition coefficient (Wildman–Crippen LogP) is 4.18. The quantitative estimate of drug-likeness (QED) is 0.700. The normalized spacial score (nSPS) is 17.4. The zero-order chi connectivity index (χ0) is 20.9. The van der Waals surface area contributed by atoms with E-state index in [2.05, 4.69) is 5.10 Å². The van der Waals surface area contributed by atoms with Gasteiger partial charge in [0.25, 0.3) is 5.91 Å². The second kappa shape index (κ2) is 9.11. The first-order valence-electron chi connectivity index (χ1n) is 10.6. The number of carbonyl (C=O) groups is 2. The number of amides is 1. The number of hydrazone groups is 1. The number of piperidine rings is 1. The SMILES string of the molecule is CC1=NN(c2ccc(C(=O)OC(C(=O)N3CCCCC3)c3ccccc3)cc2)CC1. The van der Waals surface area contributed by atoms with Crippen LogP contribution in [0.5, 0.6) is 0 Å². The van der Waals surface area contributed by atoms with Crippen LogP contribution in [0.1, 0.15) is 54.6 Å². The molecule has 1 unspecified atom stereocenters. The largest absolute Gasteiger partial charge is 0.444 e. The Bertz CT molecular complexity index is 918. The number of nitrogens with zero attached hydrogens (tertiary/aromatic N) is 3. The van der Waals surface area contributed by atoms with E-state index in [-0.39, 0.29) is 5.91 Å². The molecule has 6 nitrogen and oxygen atoms in total. The minimum absolute atomic E-state index is 0.146. The molecule has 0 N–H and O–H groups in total. The number of esters is 1. The van der Waals surface area contributed by atoms with E-state index in [1.807, 2.05) is 59.3 Å². The molecule has 2 aromatic carbocycles. The number of hydrogen-bond donors (Lipinski definition) is 0. The molecule has 6 heteroatoms. The highest BCUT2D eigenvalue weighted by Crippen LogP contribution is 2.25. The van der Waals surface area contributed by atoms with Gasteiger partial charge in [-0.05, 0) is 50.5 Å². The minimum atomic E-state index is -0.928. The van der Waals surface area contributed by atoms with E-state index < -0.39 is 12.1 Å². The topological polar surface area (TPSA) is 62.2 Å². The Balaban J connectivity index is 1.50. The van der Waals surface area contributed by atoms with Gasteiger partial charge in [0.15, 0.2) is 0 Å². The lowest BCUT2D eigenvalue weighted by molar-refractivity contribution is -0.142. The maximum absolute atomic E-state index is 13.2.